The van der Waals surface area contributed by atoms with Crippen LogP contribution in [0.25, 0.3) is 0 Å². The molecule has 1 rings (SSSR count). The van der Waals surface area contributed by atoms with Gasteiger partial charge in [-0.05, 0) is 32.0 Å². The standard InChI is InChI=1S/C10H13ClN2O2/c1-6(2)15-10(14)8-5-7(13-12)3-4-9(8)11/h3-6,13H,12H2,1-2H3. The molecule has 0 atom stereocenters. The lowest BCUT2D eigenvalue weighted by Gasteiger charge is -2.10. The summed E-state index contributed by atoms with van der Waals surface area (Å²) in [6.45, 7) is 3.55. The van der Waals surface area contributed by atoms with Crippen LogP contribution in [0.2, 0.25) is 5.02 Å². The van der Waals surface area contributed by atoms with Gasteiger partial charge in [0.1, 0.15) is 0 Å². The molecule has 1 aromatic rings. The summed E-state index contributed by atoms with van der Waals surface area (Å²) in [5, 5.41) is 0.347. The van der Waals surface area contributed by atoms with Crippen molar-refractivity contribution < 1.29 is 9.53 Å². The summed E-state index contributed by atoms with van der Waals surface area (Å²) >= 11 is 5.86. The van der Waals surface area contributed by atoms with Crippen LogP contribution >= 0.6 is 11.6 Å². The maximum atomic E-state index is 11.6. The molecule has 0 unspecified atom stereocenters. The van der Waals surface area contributed by atoms with E-state index in [1.165, 1.54) is 0 Å². The number of benzene rings is 1. The number of hydrogen-bond donors (Lipinski definition) is 2. The molecular formula is C10H13ClN2O2. The van der Waals surface area contributed by atoms with E-state index in [4.69, 9.17) is 22.2 Å². The molecule has 0 aliphatic carbocycles. The van der Waals surface area contributed by atoms with Gasteiger partial charge in [0.15, 0.2) is 0 Å². The number of hydrazine groups is 1. The first-order valence-electron chi connectivity index (χ1n) is 4.51. The van der Waals surface area contributed by atoms with Gasteiger partial charge in [0.25, 0.3) is 0 Å². The molecule has 0 aliphatic heterocycles. The van der Waals surface area contributed by atoms with Crippen molar-refractivity contribution in [2.75, 3.05) is 5.43 Å². The summed E-state index contributed by atoms with van der Waals surface area (Å²) in [6, 6.07) is 4.81. The van der Waals surface area contributed by atoms with E-state index in [1.54, 1.807) is 32.0 Å². The van der Waals surface area contributed by atoms with E-state index in [0.29, 0.717) is 16.3 Å². The second-order valence-electron chi connectivity index (χ2n) is 3.29. The lowest BCUT2D eigenvalue weighted by atomic mass is 10.2. The molecule has 15 heavy (non-hydrogen) atoms. The maximum absolute atomic E-state index is 11.6. The number of nitrogens with two attached hydrogens (primary N) is 1. The summed E-state index contributed by atoms with van der Waals surface area (Å²) < 4.78 is 5.02. The van der Waals surface area contributed by atoms with Gasteiger partial charge in [-0.25, -0.2) is 4.79 Å². The molecule has 0 aromatic heterocycles. The minimum absolute atomic E-state index is 0.178. The van der Waals surface area contributed by atoms with Crippen LogP contribution in [0.4, 0.5) is 5.69 Å². The number of nitrogens with one attached hydrogen (secondary N) is 1. The summed E-state index contributed by atoms with van der Waals surface area (Å²) in [4.78, 5) is 11.6. The highest BCUT2D eigenvalue weighted by Gasteiger charge is 2.13. The largest absolute Gasteiger partial charge is 0.459 e. The smallest absolute Gasteiger partial charge is 0.339 e. The highest BCUT2D eigenvalue weighted by atomic mass is 35.5. The second kappa shape index (κ2) is 5.00. The van der Waals surface area contributed by atoms with E-state index < -0.39 is 5.97 Å². The van der Waals surface area contributed by atoms with Crippen LogP contribution in [0.15, 0.2) is 18.2 Å². The van der Waals surface area contributed by atoms with Gasteiger partial charge >= 0.3 is 5.97 Å². The molecule has 0 saturated heterocycles. The predicted octanol–water partition coefficient (Wildman–Crippen LogP) is 2.19. The highest BCUT2D eigenvalue weighted by Crippen LogP contribution is 2.21. The molecule has 4 nitrogen and oxygen atoms in total. The Balaban J connectivity index is 2.96. The molecule has 82 valence electrons. The second-order valence-corrected chi connectivity index (χ2v) is 3.70. The molecule has 0 radical (unpaired) electrons. The summed E-state index contributed by atoms with van der Waals surface area (Å²) in [5.41, 5.74) is 3.35. The van der Waals surface area contributed by atoms with E-state index in [-0.39, 0.29) is 6.10 Å². The van der Waals surface area contributed by atoms with Gasteiger partial charge in [-0.2, -0.15) is 0 Å². The zero-order chi connectivity index (χ0) is 11.4. The zero-order valence-corrected chi connectivity index (χ0v) is 9.34. The van der Waals surface area contributed by atoms with Crippen molar-refractivity contribution in [1.29, 1.82) is 0 Å². The predicted molar refractivity (Wildman–Crippen MR) is 59.8 cm³/mol. The van der Waals surface area contributed by atoms with E-state index in [9.17, 15) is 4.79 Å². The fraction of sp³-hybridized carbons (Fsp3) is 0.300. The summed E-state index contributed by atoms with van der Waals surface area (Å²) in [5.74, 6) is 4.77. The zero-order valence-electron chi connectivity index (χ0n) is 8.58. The van der Waals surface area contributed by atoms with Gasteiger partial charge in [-0.1, -0.05) is 11.6 Å². The average Bonchev–Trinajstić information content (AvgIpc) is 2.17. The molecular weight excluding hydrogens is 216 g/mol. The molecule has 0 aliphatic rings. The number of ether oxygens (including phenoxy) is 1. The Bertz CT molecular complexity index is 366. The lowest BCUT2D eigenvalue weighted by molar-refractivity contribution is 0.0378. The van der Waals surface area contributed by atoms with Crippen LogP contribution in [-0.2, 0) is 4.74 Å². The number of carbonyl (C=O) groups excluding carboxylic acids is 1. The Morgan fingerprint density at radius 1 is 1.53 bits per heavy atom. The average molecular weight is 229 g/mol. The summed E-state index contributed by atoms with van der Waals surface area (Å²) in [6.07, 6.45) is -0.178. The van der Waals surface area contributed by atoms with Crippen molar-refractivity contribution in [3.05, 3.63) is 28.8 Å². The van der Waals surface area contributed by atoms with Crippen LogP contribution in [-0.4, -0.2) is 12.1 Å². The van der Waals surface area contributed by atoms with Crippen molar-refractivity contribution in [3.63, 3.8) is 0 Å². The molecule has 0 fully saturated rings. The monoisotopic (exact) mass is 228 g/mol. The number of rotatable bonds is 3. The van der Waals surface area contributed by atoms with Crippen LogP contribution in [0.1, 0.15) is 24.2 Å². The Morgan fingerprint density at radius 3 is 2.73 bits per heavy atom. The summed E-state index contributed by atoms with van der Waals surface area (Å²) in [7, 11) is 0. The molecule has 0 spiro atoms. The minimum Gasteiger partial charge on any atom is -0.459 e. The van der Waals surface area contributed by atoms with Gasteiger partial charge in [-0.3, -0.25) is 5.84 Å². The number of halogens is 1. The number of anilines is 1. The van der Waals surface area contributed by atoms with Crippen LogP contribution in [0.3, 0.4) is 0 Å². The topological polar surface area (TPSA) is 64.3 Å². The SMILES string of the molecule is CC(C)OC(=O)c1cc(NN)ccc1Cl. The molecule has 0 amide bonds. The number of esters is 1. The van der Waals surface area contributed by atoms with Crippen molar-refractivity contribution in [2.45, 2.75) is 20.0 Å². The van der Waals surface area contributed by atoms with Crippen LogP contribution in [0.5, 0.6) is 0 Å². The van der Waals surface area contributed by atoms with E-state index in [2.05, 4.69) is 5.43 Å². The van der Waals surface area contributed by atoms with Gasteiger partial charge in [0.05, 0.1) is 16.7 Å². The molecule has 5 heteroatoms. The lowest BCUT2D eigenvalue weighted by Crippen LogP contribution is -2.13. The molecule has 0 bridgehead atoms. The Kier molecular flexibility index (Phi) is 3.94. The Hall–Kier alpha value is -1.26. The Labute approximate surface area is 93.3 Å². The van der Waals surface area contributed by atoms with Gasteiger partial charge < -0.3 is 10.2 Å². The molecule has 0 heterocycles. The third kappa shape index (κ3) is 3.11. The fourth-order valence-electron chi connectivity index (χ4n) is 1.05. The van der Waals surface area contributed by atoms with Crippen LogP contribution in [0, 0.1) is 0 Å². The van der Waals surface area contributed by atoms with Gasteiger partial charge in [0, 0.05) is 5.69 Å². The third-order valence-electron chi connectivity index (χ3n) is 1.70. The Morgan fingerprint density at radius 2 is 2.20 bits per heavy atom. The normalized spacial score (nSPS) is 10.2. The first-order chi connectivity index (χ1) is 7.04. The molecule has 1 aromatic carbocycles. The quantitative estimate of drug-likeness (QED) is 0.473. The highest BCUT2D eigenvalue weighted by molar-refractivity contribution is 6.33. The number of carbonyl (C=O) groups is 1. The fourth-order valence-corrected chi connectivity index (χ4v) is 1.24. The van der Waals surface area contributed by atoms with E-state index in [0.717, 1.165) is 0 Å². The first-order valence-corrected chi connectivity index (χ1v) is 4.89. The molecule has 3 N–H and O–H groups in total. The van der Waals surface area contributed by atoms with Crippen LogP contribution < -0.4 is 11.3 Å². The number of hydrogen-bond acceptors (Lipinski definition) is 4. The van der Waals surface area contributed by atoms with Crippen molar-refractivity contribution in [1.82, 2.24) is 0 Å². The van der Waals surface area contributed by atoms with Gasteiger partial charge in [0.2, 0.25) is 0 Å². The van der Waals surface area contributed by atoms with Crippen molar-refractivity contribution in [3.8, 4) is 0 Å². The van der Waals surface area contributed by atoms with Crippen molar-refractivity contribution in [2.24, 2.45) is 5.84 Å². The minimum atomic E-state index is -0.452. The van der Waals surface area contributed by atoms with E-state index in [1.807, 2.05) is 0 Å². The maximum Gasteiger partial charge on any atom is 0.339 e. The molecule has 0 saturated carbocycles. The van der Waals surface area contributed by atoms with Gasteiger partial charge in [-0.15, -0.1) is 0 Å². The first kappa shape index (κ1) is 11.8. The van der Waals surface area contributed by atoms with Crippen molar-refractivity contribution >= 4 is 23.3 Å². The third-order valence-corrected chi connectivity index (χ3v) is 2.03. The number of nitrogen functional groups attached to an aromatic ring is 1. The van der Waals surface area contributed by atoms with E-state index >= 15 is 0 Å².